The molecule has 0 aliphatic carbocycles. The van der Waals surface area contributed by atoms with Crippen molar-refractivity contribution in [3.05, 3.63) is 66.7 Å². The van der Waals surface area contributed by atoms with Gasteiger partial charge in [-0.3, -0.25) is 0 Å². The average Bonchev–Trinajstić information content (AvgIpc) is 3.22. The first kappa shape index (κ1) is 20.7. The number of rotatable bonds is 2. The zero-order valence-electron chi connectivity index (χ0n) is 19.0. The van der Waals surface area contributed by atoms with Gasteiger partial charge < -0.3 is 9.07 Å². The summed E-state index contributed by atoms with van der Waals surface area (Å²) >= 11 is 0. The molecule has 154 valence electrons. The van der Waals surface area contributed by atoms with Crippen LogP contribution >= 0.6 is 0 Å². The molecule has 0 saturated carbocycles. The van der Waals surface area contributed by atoms with E-state index in [9.17, 15) is 0 Å². The molecule has 0 N–H and O–H groups in total. The Bertz CT molecular complexity index is 1170. The Balaban J connectivity index is 0.00000106. The molecule has 1 aliphatic heterocycles. The summed E-state index contributed by atoms with van der Waals surface area (Å²) in [5.41, 5.74) is 5.52. The number of fused-ring (bicyclic) bond motifs is 3. The highest BCUT2D eigenvalue weighted by Crippen LogP contribution is 2.45. The molecular weight excluding hydrogens is 367 g/mol. The van der Waals surface area contributed by atoms with E-state index in [0.29, 0.717) is 0 Å². The predicted octanol–water partition coefficient (Wildman–Crippen LogP) is 7.31. The van der Waals surface area contributed by atoms with Crippen molar-refractivity contribution < 1.29 is 9.07 Å². The molecule has 0 atom stereocenters. The zero-order chi connectivity index (χ0) is 21.5. The summed E-state index contributed by atoms with van der Waals surface area (Å²) < 4.78 is 12.5. The monoisotopic (exact) mass is 398 g/mol. The lowest BCUT2D eigenvalue weighted by Gasteiger charge is -2.34. The third kappa shape index (κ3) is 3.46. The topological polar surface area (TPSA) is 22.4 Å². The molecule has 0 spiro atoms. The summed E-state index contributed by atoms with van der Waals surface area (Å²) in [5, 5.41) is 2.33. The minimum Gasteiger partial charge on any atom is -0.456 e. The highest BCUT2D eigenvalue weighted by atomic mass is 16.5. The van der Waals surface area contributed by atoms with Gasteiger partial charge >= 0.3 is 6.92 Å². The van der Waals surface area contributed by atoms with Gasteiger partial charge in [-0.2, -0.15) is 0 Å². The highest BCUT2D eigenvalue weighted by molar-refractivity contribution is 6.68. The molecule has 30 heavy (non-hydrogen) atoms. The van der Waals surface area contributed by atoms with Crippen molar-refractivity contribution in [1.29, 1.82) is 0 Å². The Labute approximate surface area is 180 Å². The van der Waals surface area contributed by atoms with Crippen LogP contribution in [0.1, 0.15) is 41.5 Å². The number of para-hydroxylation sites is 1. The molecule has 1 aromatic heterocycles. The van der Waals surface area contributed by atoms with E-state index < -0.39 is 0 Å². The SMILES string of the molecule is CC.CC1(C)CB(c2cccc(-c3ccc4c(c3)oc3ccccc34)c2)OC1(C)C. The van der Waals surface area contributed by atoms with Crippen LogP contribution in [0.3, 0.4) is 0 Å². The molecule has 1 saturated heterocycles. The van der Waals surface area contributed by atoms with Gasteiger partial charge in [-0.1, -0.05) is 76.2 Å². The lowest BCUT2D eigenvalue weighted by atomic mass is 9.54. The summed E-state index contributed by atoms with van der Waals surface area (Å²) in [5.74, 6) is 0. The Morgan fingerprint density at radius 2 is 1.43 bits per heavy atom. The van der Waals surface area contributed by atoms with E-state index in [1.54, 1.807) is 0 Å². The van der Waals surface area contributed by atoms with Gasteiger partial charge in [0.05, 0.1) is 5.60 Å². The maximum Gasteiger partial charge on any atom is 0.327 e. The molecule has 2 heterocycles. The van der Waals surface area contributed by atoms with Gasteiger partial charge in [-0.25, -0.2) is 0 Å². The van der Waals surface area contributed by atoms with E-state index in [1.165, 1.54) is 22.0 Å². The Morgan fingerprint density at radius 1 is 0.733 bits per heavy atom. The van der Waals surface area contributed by atoms with Gasteiger partial charge in [0.15, 0.2) is 0 Å². The molecule has 0 amide bonds. The molecule has 3 aromatic carbocycles. The third-order valence-electron chi connectivity index (χ3n) is 6.73. The molecule has 3 heteroatoms. The van der Waals surface area contributed by atoms with Crippen LogP contribution in [0, 0.1) is 5.41 Å². The van der Waals surface area contributed by atoms with Crippen molar-refractivity contribution in [2.45, 2.75) is 53.5 Å². The van der Waals surface area contributed by atoms with Gasteiger partial charge in [0.2, 0.25) is 0 Å². The minimum atomic E-state index is -0.124. The van der Waals surface area contributed by atoms with Crippen LogP contribution < -0.4 is 5.46 Å². The maximum atomic E-state index is 6.43. The van der Waals surface area contributed by atoms with Crippen LogP contribution in [0.5, 0.6) is 0 Å². The zero-order valence-corrected chi connectivity index (χ0v) is 19.0. The van der Waals surface area contributed by atoms with E-state index in [1.807, 2.05) is 26.0 Å². The largest absolute Gasteiger partial charge is 0.456 e. The van der Waals surface area contributed by atoms with Crippen LogP contribution in [0.25, 0.3) is 33.1 Å². The first-order valence-electron chi connectivity index (χ1n) is 11.0. The fraction of sp³-hybridized carbons (Fsp3) is 0.333. The van der Waals surface area contributed by atoms with Crippen molar-refractivity contribution in [2.24, 2.45) is 5.41 Å². The summed E-state index contributed by atoms with van der Waals surface area (Å²) in [7, 11) is 0. The number of hydrogen-bond acceptors (Lipinski definition) is 2. The number of hydrogen-bond donors (Lipinski definition) is 0. The Hall–Kier alpha value is -2.52. The van der Waals surface area contributed by atoms with Crippen LogP contribution in [-0.2, 0) is 4.65 Å². The molecule has 5 rings (SSSR count). The lowest BCUT2D eigenvalue weighted by Crippen LogP contribution is -2.36. The normalized spacial score (nSPS) is 17.2. The van der Waals surface area contributed by atoms with E-state index in [2.05, 4.69) is 82.3 Å². The fourth-order valence-corrected chi connectivity index (χ4v) is 4.28. The van der Waals surface area contributed by atoms with Crippen molar-refractivity contribution in [3.63, 3.8) is 0 Å². The van der Waals surface area contributed by atoms with Gasteiger partial charge in [0.25, 0.3) is 0 Å². The molecule has 0 unspecified atom stereocenters. The second-order valence-electron chi connectivity index (χ2n) is 9.14. The number of furan rings is 1. The van der Waals surface area contributed by atoms with Crippen molar-refractivity contribution in [1.82, 2.24) is 0 Å². The molecule has 1 aliphatic rings. The van der Waals surface area contributed by atoms with Gasteiger partial charge in [-0.15, -0.1) is 0 Å². The van der Waals surface area contributed by atoms with Crippen molar-refractivity contribution in [3.8, 4) is 11.1 Å². The van der Waals surface area contributed by atoms with Gasteiger partial charge in [0, 0.05) is 10.8 Å². The fourth-order valence-electron chi connectivity index (χ4n) is 4.28. The van der Waals surface area contributed by atoms with Crippen LogP contribution in [-0.4, -0.2) is 12.5 Å². The van der Waals surface area contributed by atoms with Crippen LogP contribution in [0.4, 0.5) is 0 Å². The van der Waals surface area contributed by atoms with E-state index in [0.717, 1.165) is 22.9 Å². The van der Waals surface area contributed by atoms with E-state index in [-0.39, 0.29) is 17.9 Å². The minimum absolute atomic E-state index is 0.124. The van der Waals surface area contributed by atoms with E-state index in [4.69, 9.17) is 9.07 Å². The standard InChI is InChI=1S/C25H25BO2.C2H6/c1-24(2)16-26(28-25(24,3)4)19-9-7-8-17(14-19)18-12-13-21-20-10-5-6-11-22(20)27-23(21)15-18;1-2/h5-15H,16H2,1-4H3;1-2H3. The van der Waals surface area contributed by atoms with Gasteiger partial charge in [0.1, 0.15) is 11.2 Å². The predicted molar refractivity (Wildman–Crippen MR) is 130 cm³/mol. The molecule has 4 aromatic rings. The Morgan fingerprint density at radius 3 is 2.17 bits per heavy atom. The average molecular weight is 398 g/mol. The quantitative estimate of drug-likeness (QED) is 0.330. The lowest BCUT2D eigenvalue weighted by molar-refractivity contribution is 0.0375. The van der Waals surface area contributed by atoms with Crippen LogP contribution in [0.15, 0.2) is 71.1 Å². The number of benzene rings is 3. The molecule has 2 nitrogen and oxygen atoms in total. The summed E-state index contributed by atoms with van der Waals surface area (Å²) in [4.78, 5) is 0. The second kappa shape index (κ2) is 7.63. The maximum absolute atomic E-state index is 6.43. The van der Waals surface area contributed by atoms with Gasteiger partial charge in [-0.05, 0) is 60.4 Å². The van der Waals surface area contributed by atoms with Crippen molar-refractivity contribution >= 4 is 34.3 Å². The van der Waals surface area contributed by atoms with E-state index >= 15 is 0 Å². The summed E-state index contributed by atoms with van der Waals surface area (Å²) in [6.07, 6.45) is 1.03. The molecular formula is C27H31BO2. The first-order chi connectivity index (χ1) is 14.3. The second-order valence-corrected chi connectivity index (χ2v) is 9.14. The molecule has 1 fully saturated rings. The first-order valence-corrected chi connectivity index (χ1v) is 11.0. The highest BCUT2D eigenvalue weighted by Gasteiger charge is 2.49. The molecule has 0 radical (unpaired) electrons. The van der Waals surface area contributed by atoms with Crippen molar-refractivity contribution in [2.75, 3.05) is 0 Å². The smallest absolute Gasteiger partial charge is 0.327 e. The Kier molecular flexibility index (Phi) is 5.28. The molecule has 0 bridgehead atoms. The summed E-state index contributed by atoms with van der Waals surface area (Å²) in [6.45, 7) is 13.1. The third-order valence-corrected chi connectivity index (χ3v) is 6.73. The van der Waals surface area contributed by atoms with Crippen LogP contribution in [0.2, 0.25) is 6.32 Å². The summed E-state index contributed by atoms with van der Waals surface area (Å²) in [6, 6.07) is 23.5.